The molecule has 0 aliphatic carbocycles. The van der Waals surface area contributed by atoms with Crippen LogP contribution in [-0.2, 0) is 11.2 Å². The Bertz CT molecular complexity index is 786. The highest BCUT2D eigenvalue weighted by Crippen LogP contribution is 2.12. The number of allylic oxidation sites excluding steroid dienone is 2. The van der Waals surface area contributed by atoms with Gasteiger partial charge in [0.25, 0.3) is 12.3 Å². The van der Waals surface area contributed by atoms with Gasteiger partial charge in [-0.3, -0.25) is 4.79 Å². The molecule has 0 fully saturated rings. The zero-order chi connectivity index (χ0) is 26.9. The van der Waals surface area contributed by atoms with E-state index in [4.69, 9.17) is 4.74 Å². The molecule has 0 spiro atoms. The van der Waals surface area contributed by atoms with E-state index >= 15 is 0 Å². The highest BCUT2D eigenvalue weighted by Gasteiger charge is 2.10. The van der Waals surface area contributed by atoms with Gasteiger partial charge in [-0.15, -0.1) is 0 Å². The van der Waals surface area contributed by atoms with E-state index in [9.17, 15) is 18.0 Å². The Morgan fingerprint density at radius 2 is 1.89 bits per heavy atom. The molecular weight excluding hydrogens is 455 g/mol. The summed E-state index contributed by atoms with van der Waals surface area (Å²) in [5.74, 6) is -1.17. The molecule has 1 aromatic heterocycles. The maximum absolute atomic E-state index is 13.8. The van der Waals surface area contributed by atoms with Gasteiger partial charge in [-0.1, -0.05) is 52.0 Å². The van der Waals surface area contributed by atoms with Crippen LogP contribution in [0.1, 0.15) is 63.5 Å². The average molecular weight is 498 g/mol. The molecule has 35 heavy (non-hydrogen) atoms. The third-order valence-electron chi connectivity index (χ3n) is 4.09. The Kier molecular flexibility index (Phi) is 24.0. The first-order valence-electron chi connectivity index (χ1n) is 12.2. The molecule has 8 heteroatoms. The van der Waals surface area contributed by atoms with Crippen LogP contribution in [-0.4, -0.2) is 50.3 Å². The van der Waals surface area contributed by atoms with Crippen molar-refractivity contribution in [3.63, 3.8) is 0 Å². The predicted molar refractivity (Wildman–Crippen MR) is 139 cm³/mol. The summed E-state index contributed by atoms with van der Waals surface area (Å²) in [6, 6.07) is 7.72. The lowest BCUT2D eigenvalue weighted by Gasteiger charge is -2.10. The van der Waals surface area contributed by atoms with Crippen LogP contribution in [0.4, 0.5) is 13.2 Å². The maximum atomic E-state index is 13.8. The number of carbonyl (C=O) groups is 1. The van der Waals surface area contributed by atoms with Crippen molar-refractivity contribution in [1.82, 2.24) is 10.3 Å². The van der Waals surface area contributed by atoms with Crippen LogP contribution in [0.15, 0.2) is 53.7 Å². The number of carbonyl (C=O) groups excluding carboxylic acids is 1. The minimum absolute atomic E-state index is 0.0526. The van der Waals surface area contributed by atoms with Crippen molar-refractivity contribution in [1.29, 1.82) is 0 Å². The number of ether oxygens (including phenoxy) is 1. The minimum Gasteiger partial charge on any atom is -0.382 e. The van der Waals surface area contributed by atoms with Crippen molar-refractivity contribution < 1.29 is 22.7 Å². The molecule has 0 bridgehead atoms. The van der Waals surface area contributed by atoms with Gasteiger partial charge in [0.1, 0.15) is 11.5 Å². The first-order chi connectivity index (χ1) is 17.0. The van der Waals surface area contributed by atoms with Gasteiger partial charge in [0.05, 0.1) is 6.20 Å². The molecule has 1 unspecified atom stereocenters. The molecule has 0 aliphatic rings. The quantitative estimate of drug-likeness (QED) is 0.200. The van der Waals surface area contributed by atoms with Crippen LogP contribution in [0.2, 0.25) is 0 Å². The normalized spacial score (nSPS) is 11.3. The zero-order valence-electron chi connectivity index (χ0n) is 21.9. The largest absolute Gasteiger partial charge is 0.382 e. The molecule has 0 radical (unpaired) electrons. The third kappa shape index (κ3) is 19.3. The first-order valence-corrected chi connectivity index (χ1v) is 12.2. The number of hydrogen-bond acceptors (Lipinski definition) is 4. The van der Waals surface area contributed by atoms with Crippen LogP contribution in [0, 0.1) is 11.7 Å². The molecule has 0 saturated heterocycles. The second kappa shape index (κ2) is 24.4. The standard InChI is InChI=1S/C23H30F3N3O2.2C2H6/c1-3-31-13-7-12-28-23(30)21-15-18(8-4-5-10-20(24)17-29-21)14-19(16-27-2)9-6-11-22(25)26;2*1-2/h4-6,8,10-11,15-17,19,22H,3,7,9,12-14H2,1-2H3,(H,28,30);2*1-2H3/b5-4?,8-4?,10-5?,11-6+,18-8?,18-15?,20-10?,20-17?,21-15?,27-16?,29-17?,29-21?;;. The lowest BCUT2D eigenvalue weighted by atomic mass is 9.97. The Labute approximate surface area is 209 Å². The van der Waals surface area contributed by atoms with Gasteiger partial charge in [-0.25, -0.2) is 18.2 Å². The molecule has 5 nitrogen and oxygen atoms in total. The topological polar surface area (TPSA) is 63.6 Å². The Morgan fingerprint density at radius 3 is 2.51 bits per heavy atom. The van der Waals surface area contributed by atoms with Crippen molar-refractivity contribution >= 4 is 12.1 Å². The molecule has 0 aliphatic heterocycles. The van der Waals surface area contributed by atoms with Gasteiger partial charge in [-0.05, 0) is 50.0 Å². The van der Waals surface area contributed by atoms with Crippen molar-refractivity contribution in [3.8, 4) is 0 Å². The van der Waals surface area contributed by atoms with Gasteiger partial charge in [0.15, 0.2) is 0 Å². The van der Waals surface area contributed by atoms with E-state index in [1.165, 1.54) is 18.2 Å². The van der Waals surface area contributed by atoms with Crippen molar-refractivity contribution in [3.05, 3.63) is 65.8 Å². The first kappa shape index (κ1) is 34.4. The Hall–Kier alpha value is -2.74. The van der Waals surface area contributed by atoms with E-state index in [2.05, 4.69) is 15.3 Å². The fourth-order valence-corrected chi connectivity index (χ4v) is 2.69. The summed E-state index contributed by atoms with van der Waals surface area (Å²) in [7, 11) is 1.61. The zero-order valence-corrected chi connectivity index (χ0v) is 21.9. The number of hydrogen-bond donors (Lipinski definition) is 1. The van der Waals surface area contributed by atoms with Crippen LogP contribution < -0.4 is 5.32 Å². The number of aromatic nitrogens is 1. The van der Waals surface area contributed by atoms with E-state index in [1.807, 2.05) is 34.6 Å². The summed E-state index contributed by atoms with van der Waals surface area (Å²) in [6.45, 7) is 11.4. The maximum Gasteiger partial charge on any atom is 0.269 e. The highest BCUT2D eigenvalue weighted by molar-refractivity contribution is 5.92. The van der Waals surface area contributed by atoms with E-state index < -0.39 is 18.1 Å². The summed E-state index contributed by atoms with van der Waals surface area (Å²) < 4.78 is 43.8. The fourth-order valence-electron chi connectivity index (χ4n) is 2.69. The highest BCUT2D eigenvalue weighted by atomic mass is 19.3. The Morgan fingerprint density at radius 1 is 1.20 bits per heavy atom. The molecule has 0 aromatic carbocycles. The van der Waals surface area contributed by atoms with Crippen LogP contribution in [0.5, 0.6) is 0 Å². The molecule has 1 heterocycles. The van der Waals surface area contributed by atoms with Gasteiger partial charge in [0.2, 0.25) is 0 Å². The van der Waals surface area contributed by atoms with E-state index in [-0.39, 0.29) is 11.6 Å². The monoisotopic (exact) mass is 497 g/mol. The summed E-state index contributed by atoms with van der Waals surface area (Å²) in [5, 5.41) is 2.75. The van der Waals surface area contributed by atoms with Crippen LogP contribution in [0.25, 0.3) is 0 Å². The minimum atomic E-state index is -2.51. The molecule has 1 aromatic rings. The second-order valence-corrected chi connectivity index (χ2v) is 6.64. The number of aliphatic imine (C=N–C) groups is 1. The van der Waals surface area contributed by atoms with E-state index in [0.717, 1.165) is 17.8 Å². The second-order valence-electron chi connectivity index (χ2n) is 6.64. The summed E-state index contributed by atoms with van der Waals surface area (Å²) in [6.07, 6.45) is 3.86. The Balaban J connectivity index is 0. The van der Waals surface area contributed by atoms with Crippen LogP contribution >= 0.6 is 0 Å². The predicted octanol–water partition coefficient (Wildman–Crippen LogP) is 6.62. The van der Waals surface area contributed by atoms with Gasteiger partial charge >= 0.3 is 0 Å². The SMILES string of the molecule is CC.CC.CCOCCCNC(=O)c1cc(CC(C=NC)C/C=C/C(F)F)ccccc(F)cn1. The number of alkyl halides is 2. The fraction of sp³-hybridized carbons (Fsp3) is 0.519. The molecule has 1 amide bonds. The van der Waals surface area contributed by atoms with Crippen molar-refractivity contribution in [2.24, 2.45) is 10.9 Å². The molecule has 1 rings (SSSR count). The number of halogens is 3. The number of nitrogens with zero attached hydrogens (tertiary/aromatic N) is 2. The molecular formula is C27H42F3N3O2. The van der Waals surface area contributed by atoms with E-state index in [0.29, 0.717) is 39.0 Å². The third-order valence-corrected chi connectivity index (χ3v) is 4.09. The molecule has 198 valence electrons. The smallest absolute Gasteiger partial charge is 0.269 e. The molecule has 1 N–H and O–H groups in total. The van der Waals surface area contributed by atoms with Gasteiger partial charge < -0.3 is 15.0 Å². The molecule has 1 atom stereocenters. The average Bonchev–Trinajstić information content (AvgIpc) is 2.86. The summed E-state index contributed by atoms with van der Waals surface area (Å²) >= 11 is 0. The lowest BCUT2D eigenvalue weighted by Crippen LogP contribution is -2.26. The van der Waals surface area contributed by atoms with Crippen molar-refractivity contribution in [2.45, 2.75) is 60.3 Å². The number of rotatable bonds is 12. The van der Waals surface area contributed by atoms with Crippen molar-refractivity contribution in [2.75, 3.05) is 26.8 Å². The summed E-state index contributed by atoms with van der Waals surface area (Å²) in [5.41, 5.74) is 0.788. The van der Waals surface area contributed by atoms with E-state index in [1.54, 1.807) is 31.5 Å². The molecule has 0 saturated carbocycles. The number of nitrogens with one attached hydrogen (secondary N) is 1. The summed E-state index contributed by atoms with van der Waals surface area (Å²) in [4.78, 5) is 20.6. The van der Waals surface area contributed by atoms with Crippen LogP contribution in [0.3, 0.4) is 0 Å². The number of amides is 1. The lowest BCUT2D eigenvalue weighted by molar-refractivity contribution is 0.0939. The van der Waals surface area contributed by atoms with Gasteiger partial charge in [0, 0.05) is 38.9 Å². The van der Waals surface area contributed by atoms with Gasteiger partial charge in [-0.2, -0.15) is 0 Å².